The Hall–Kier alpha value is -1.23. The SMILES string of the molecule is c1cc([C@H]2OCCC[C@@H]2NCc2ccsc2)ccn1. The molecule has 0 aliphatic carbocycles. The fourth-order valence-electron chi connectivity index (χ4n) is 2.51. The second kappa shape index (κ2) is 6.28. The minimum Gasteiger partial charge on any atom is -0.372 e. The molecule has 1 aliphatic rings. The zero-order chi connectivity index (χ0) is 12.9. The highest BCUT2D eigenvalue weighted by molar-refractivity contribution is 7.07. The maximum atomic E-state index is 5.96. The van der Waals surface area contributed by atoms with Crippen LogP contribution in [0, 0.1) is 0 Å². The van der Waals surface area contributed by atoms with Gasteiger partial charge in [0.25, 0.3) is 0 Å². The largest absolute Gasteiger partial charge is 0.372 e. The molecule has 0 aromatic carbocycles. The maximum Gasteiger partial charge on any atom is 0.0978 e. The molecule has 2 aromatic rings. The third kappa shape index (κ3) is 3.21. The Morgan fingerprint density at radius 3 is 3.00 bits per heavy atom. The summed E-state index contributed by atoms with van der Waals surface area (Å²) in [6.07, 6.45) is 6.11. The summed E-state index contributed by atoms with van der Waals surface area (Å²) in [5.74, 6) is 0. The number of rotatable bonds is 4. The first kappa shape index (κ1) is 12.8. The normalized spacial score (nSPS) is 23.4. The van der Waals surface area contributed by atoms with Crippen molar-refractivity contribution < 1.29 is 4.74 Å². The number of hydrogen-bond acceptors (Lipinski definition) is 4. The van der Waals surface area contributed by atoms with Gasteiger partial charge in [-0.25, -0.2) is 0 Å². The average molecular weight is 274 g/mol. The molecular weight excluding hydrogens is 256 g/mol. The Morgan fingerprint density at radius 1 is 1.32 bits per heavy atom. The van der Waals surface area contributed by atoms with Crippen LogP contribution in [0.15, 0.2) is 41.4 Å². The van der Waals surface area contributed by atoms with E-state index in [-0.39, 0.29) is 6.10 Å². The van der Waals surface area contributed by atoms with Gasteiger partial charge in [0, 0.05) is 31.6 Å². The van der Waals surface area contributed by atoms with Gasteiger partial charge in [0.1, 0.15) is 0 Å². The summed E-state index contributed by atoms with van der Waals surface area (Å²) < 4.78 is 5.96. The molecule has 1 saturated heterocycles. The number of hydrogen-bond donors (Lipinski definition) is 1. The van der Waals surface area contributed by atoms with Crippen LogP contribution >= 0.6 is 11.3 Å². The van der Waals surface area contributed by atoms with Crippen molar-refractivity contribution in [3.05, 3.63) is 52.5 Å². The van der Waals surface area contributed by atoms with Crippen molar-refractivity contribution in [2.45, 2.75) is 31.5 Å². The van der Waals surface area contributed by atoms with E-state index in [0.29, 0.717) is 6.04 Å². The fourth-order valence-corrected chi connectivity index (χ4v) is 3.18. The molecule has 0 radical (unpaired) electrons. The second-order valence-electron chi connectivity index (χ2n) is 4.83. The Balaban J connectivity index is 1.67. The quantitative estimate of drug-likeness (QED) is 0.930. The highest BCUT2D eigenvalue weighted by atomic mass is 32.1. The lowest BCUT2D eigenvalue weighted by molar-refractivity contribution is -0.0112. The van der Waals surface area contributed by atoms with Crippen LogP contribution < -0.4 is 5.32 Å². The smallest absolute Gasteiger partial charge is 0.0978 e. The molecule has 0 bridgehead atoms. The van der Waals surface area contributed by atoms with Gasteiger partial charge in [-0.15, -0.1) is 0 Å². The molecule has 1 fully saturated rings. The molecule has 0 unspecified atom stereocenters. The van der Waals surface area contributed by atoms with E-state index in [1.165, 1.54) is 11.1 Å². The van der Waals surface area contributed by atoms with Crippen molar-refractivity contribution in [3.63, 3.8) is 0 Å². The zero-order valence-electron chi connectivity index (χ0n) is 10.8. The third-order valence-electron chi connectivity index (χ3n) is 3.51. The van der Waals surface area contributed by atoms with Crippen molar-refractivity contribution in [2.75, 3.05) is 6.61 Å². The molecule has 4 heteroatoms. The highest BCUT2D eigenvalue weighted by Gasteiger charge is 2.26. The summed E-state index contributed by atoms with van der Waals surface area (Å²) in [6, 6.07) is 6.66. The van der Waals surface area contributed by atoms with Gasteiger partial charge in [-0.1, -0.05) is 0 Å². The Morgan fingerprint density at radius 2 is 2.21 bits per heavy atom. The monoisotopic (exact) mass is 274 g/mol. The molecule has 3 rings (SSSR count). The van der Waals surface area contributed by atoms with Gasteiger partial charge in [-0.2, -0.15) is 11.3 Å². The van der Waals surface area contributed by atoms with E-state index in [1.54, 1.807) is 11.3 Å². The molecule has 1 aliphatic heterocycles. The first-order valence-corrected chi connectivity index (χ1v) is 7.64. The number of aromatic nitrogens is 1. The number of pyridine rings is 1. The van der Waals surface area contributed by atoms with E-state index in [1.807, 2.05) is 12.4 Å². The van der Waals surface area contributed by atoms with E-state index in [4.69, 9.17) is 4.74 Å². The molecule has 2 atom stereocenters. The van der Waals surface area contributed by atoms with Gasteiger partial charge in [0.2, 0.25) is 0 Å². The molecule has 2 aromatic heterocycles. The topological polar surface area (TPSA) is 34.1 Å². The van der Waals surface area contributed by atoms with Gasteiger partial charge < -0.3 is 10.1 Å². The molecule has 0 amide bonds. The zero-order valence-corrected chi connectivity index (χ0v) is 11.6. The Labute approximate surface area is 117 Å². The average Bonchev–Trinajstić information content (AvgIpc) is 3.00. The molecule has 19 heavy (non-hydrogen) atoms. The lowest BCUT2D eigenvalue weighted by Gasteiger charge is -2.32. The number of thiophene rings is 1. The summed E-state index contributed by atoms with van der Waals surface area (Å²) in [7, 11) is 0. The van der Waals surface area contributed by atoms with Gasteiger partial charge in [0.05, 0.1) is 6.10 Å². The molecule has 3 nitrogen and oxygen atoms in total. The number of ether oxygens (including phenoxy) is 1. The van der Waals surface area contributed by atoms with Crippen LogP contribution in [0.5, 0.6) is 0 Å². The van der Waals surface area contributed by atoms with E-state index in [0.717, 1.165) is 26.0 Å². The highest BCUT2D eigenvalue weighted by Crippen LogP contribution is 2.28. The van der Waals surface area contributed by atoms with E-state index in [9.17, 15) is 0 Å². The Kier molecular flexibility index (Phi) is 4.23. The first-order chi connectivity index (χ1) is 9.43. The van der Waals surface area contributed by atoms with Gasteiger partial charge >= 0.3 is 0 Å². The van der Waals surface area contributed by atoms with Crippen LogP contribution in [0.3, 0.4) is 0 Å². The van der Waals surface area contributed by atoms with Crippen molar-refractivity contribution in [1.29, 1.82) is 0 Å². The second-order valence-corrected chi connectivity index (χ2v) is 5.61. The maximum absolute atomic E-state index is 5.96. The first-order valence-electron chi connectivity index (χ1n) is 6.69. The van der Waals surface area contributed by atoms with E-state index >= 15 is 0 Å². The van der Waals surface area contributed by atoms with Crippen molar-refractivity contribution in [2.24, 2.45) is 0 Å². The van der Waals surface area contributed by atoms with Crippen LogP contribution in [0.2, 0.25) is 0 Å². The third-order valence-corrected chi connectivity index (χ3v) is 4.24. The number of nitrogens with one attached hydrogen (secondary N) is 1. The summed E-state index contributed by atoms with van der Waals surface area (Å²) in [6.45, 7) is 1.77. The van der Waals surface area contributed by atoms with Crippen molar-refractivity contribution in [1.82, 2.24) is 10.3 Å². The molecule has 0 spiro atoms. The molecule has 1 N–H and O–H groups in total. The minimum atomic E-state index is 0.149. The molecular formula is C15H18N2OS. The summed E-state index contributed by atoms with van der Waals surface area (Å²) in [5, 5.41) is 7.95. The van der Waals surface area contributed by atoms with E-state index in [2.05, 4.69) is 39.3 Å². The van der Waals surface area contributed by atoms with Gasteiger partial charge in [-0.3, -0.25) is 4.98 Å². The van der Waals surface area contributed by atoms with Crippen LogP contribution in [-0.2, 0) is 11.3 Å². The van der Waals surface area contributed by atoms with E-state index < -0.39 is 0 Å². The Bertz CT molecular complexity index is 486. The fraction of sp³-hybridized carbons (Fsp3) is 0.400. The minimum absolute atomic E-state index is 0.149. The molecule has 3 heterocycles. The summed E-state index contributed by atoms with van der Waals surface area (Å²) in [4.78, 5) is 4.08. The predicted octanol–water partition coefficient (Wildman–Crippen LogP) is 3.15. The molecule has 0 saturated carbocycles. The van der Waals surface area contributed by atoms with Gasteiger partial charge in [0.15, 0.2) is 0 Å². The standard InChI is InChI=1S/C15H18N2OS/c1-2-14(17-10-12-5-9-19-11-12)15(18-8-1)13-3-6-16-7-4-13/h3-7,9,11,14-15,17H,1-2,8,10H2/t14-,15+/m0/s1. The summed E-state index contributed by atoms with van der Waals surface area (Å²) in [5.41, 5.74) is 2.57. The predicted molar refractivity (Wildman–Crippen MR) is 77.1 cm³/mol. The number of nitrogens with zero attached hydrogens (tertiary/aromatic N) is 1. The lowest BCUT2D eigenvalue weighted by Crippen LogP contribution is -2.39. The molecule has 100 valence electrons. The van der Waals surface area contributed by atoms with Crippen LogP contribution in [0.4, 0.5) is 0 Å². The lowest BCUT2D eigenvalue weighted by atomic mass is 9.96. The van der Waals surface area contributed by atoms with Crippen molar-refractivity contribution >= 4 is 11.3 Å². The van der Waals surface area contributed by atoms with Crippen LogP contribution in [0.25, 0.3) is 0 Å². The van der Waals surface area contributed by atoms with Crippen LogP contribution in [0.1, 0.15) is 30.1 Å². The van der Waals surface area contributed by atoms with Crippen molar-refractivity contribution in [3.8, 4) is 0 Å². The van der Waals surface area contributed by atoms with Crippen LogP contribution in [-0.4, -0.2) is 17.6 Å². The summed E-state index contributed by atoms with van der Waals surface area (Å²) >= 11 is 1.74. The van der Waals surface area contributed by atoms with Gasteiger partial charge in [-0.05, 0) is 52.9 Å².